The lowest BCUT2D eigenvalue weighted by Gasteiger charge is -1.99. The van der Waals surface area contributed by atoms with Crippen LogP contribution in [-0.2, 0) is 0 Å². The quantitative estimate of drug-likeness (QED) is 0.638. The van der Waals surface area contributed by atoms with E-state index in [1.54, 1.807) is 24.3 Å². The van der Waals surface area contributed by atoms with Gasteiger partial charge in [0.25, 0.3) is 5.91 Å². The summed E-state index contributed by atoms with van der Waals surface area (Å²) in [6.45, 7) is 2.72. The van der Waals surface area contributed by atoms with E-state index in [0.29, 0.717) is 23.8 Å². The van der Waals surface area contributed by atoms with Gasteiger partial charge in [0.15, 0.2) is 5.69 Å². The number of nitrogens with two attached hydrogens (primary N) is 1. The maximum atomic E-state index is 11.8. The Hall–Kier alpha value is -2.30. The number of carbonyl (C=O) groups excluding carboxylic acids is 1. The van der Waals surface area contributed by atoms with Crippen LogP contribution in [-0.4, -0.2) is 17.4 Å². The molecule has 5 nitrogen and oxygen atoms in total. The van der Waals surface area contributed by atoms with E-state index in [4.69, 9.17) is 10.2 Å². The maximum absolute atomic E-state index is 11.8. The van der Waals surface area contributed by atoms with Crippen molar-refractivity contribution >= 4 is 11.6 Å². The molecular formula is C14H17N3O2. The highest BCUT2D eigenvalue weighted by molar-refractivity contribution is 5.92. The summed E-state index contributed by atoms with van der Waals surface area (Å²) >= 11 is 0. The number of nitrogen functional groups attached to an aromatic ring is 1. The number of benzene rings is 1. The van der Waals surface area contributed by atoms with Crippen LogP contribution >= 0.6 is 0 Å². The van der Waals surface area contributed by atoms with Gasteiger partial charge < -0.3 is 15.5 Å². The molecule has 0 unspecified atom stereocenters. The summed E-state index contributed by atoms with van der Waals surface area (Å²) in [6, 6.07) is 7.14. The first-order valence-corrected chi connectivity index (χ1v) is 6.30. The number of anilines is 1. The second kappa shape index (κ2) is 6.04. The average molecular weight is 259 g/mol. The minimum Gasteiger partial charge on any atom is -0.444 e. The Morgan fingerprint density at radius 2 is 2.11 bits per heavy atom. The van der Waals surface area contributed by atoms with Crippen LogP contribution in [0.15, 0.2) is 34.9 Å². The lowest BCUT2D eigenvalue weighted by molar-refractivity contribution is 0.0948. The molecule has 3 N–H and O–H groups in total. The molecule has 0 spiro atoms. The summed E-state index contributed by atoms with van der Waals surface area (Å²) in [4.78, 5) is 15.9. The number of unbranched alkanes of at least 4 members (excludes halogenated alkanes) is 1. The molecule has 0 aliphatic rings. The van der Waals surface area contributed by atoms with Crippen molar-refractivity contribution in [2.45, 2.75) is 19.8 Å². The molecule has 2 rings (SSSR count). The zero-order chi connectivity index (χ0) is 13.7. The van der Waals surface area contributed by atoms with Gasteiger partial charge in [-0.15, -0.1) is 0 Å². The maximum Gasteiger partial charge on any atom is 0.273 e. The summed E-state index contributed by atoms with van der Waals surface area (Å²) in [6.07, 6.45) is 3.36. The third-order valence-electron chi connectivity index (χ3n) is 2.71. The average Bonchev–Trinajstić information content (AvgIpc) is 2.89. The molecular weight excluding hydrogens is 242 g/mol. The molecule has 0 atom stereocenters. The first-order valence-electron chi connectivity index (χ1n) is 6.30. The summed E-state index contributed by atoms with van der Waals surface area (Å²) < 4.78 is 5.31. The van der Waals surface area contributed by atoms with Gasteiger partial charge in [-0.3, -0.25) is 4.79 Å². The highest BCUT2D eigenvalue weighted by atomic mass is 16.3. The predicted octanol–water partition coefficient (Wildman–Crippen LogP) is 2.45. The second-order valence-corrected chi connectivity index (χ2v) is 4.27. The SMILES string of the molecule is CCCCNC(=O)c1coc(-c2ccc(N)cc2)n1. The number of rotatable bonds is 5. The molecule has 1 amide bonds. The van der Waals surface area contributed by atoms with Crippen molar-refractivity contribution in [1.29, 1.82) is 0 Å². The minimum absolute atomic E-state index is 0.209. The molecule has 0 saturated carbocycles. The molecule has 0 fully saturated rings. The molecule has 0 radical (unpaired) electrons. The third-order valence-corrected chi connectivity index (χ3v) is 2.71. The van der Waals surface area contributed by atoms with Crippen molar-refractivity contribution in [1.82, 2.24) is 10.3 Å². The van der Waals surface area contributed by atoms with Gasteiger partial charge in [0.1, 0.15) is 6.26 Å². The van der Waals surface area contributed by atoms with E-state index in [1.165, 1.54) is 6.26 Å². The number of amides is 1. The zero-order valence-electron chi connectivity index (χ0n) is 10.8. The van der Waals surface area contributed by atoms with Crippen molar-refractivity contribution in [2.24, 2.45) is 0 Å². The number of aromatic nitrogens is 1. The molecule has 19 heavy (non-hydrogen) atoms. The normalized spacial score (nSPS) is 10.4. The highest BCUT2D eigenvalue weighted by Crippen LogP contribution is 2.19. The summed E-state index contributed by atoms with van der Waals surface area (Å²) in [5.41, 5.74) is 7.37. The van der Waals surface area contributed by atoms with Crippen molar-refractivity contribution < 1.29 is 9.21 Å². The van der Waals surface area contributed by atoms with E-state index in [2.05, 4.69) is 17.2 Å². The molecule has 0 bridgehead atoms. The molecule has 2 aromatic rings. The van der Waals surface area contributed by atoms with Crippen LogP contribution in [0.3, 0.4) is 0 Å². The first-order chi connectivity index (χ1) is 9.20. The zero-order valence-corrected chi connectivity index (χ0v) is 10.8. The van der Waals surface area contributed by atoms with E-state index in [9.17, 15) is 4.79 Å². The van der Waals surface area contributed by atoms with E-state index < -0.39 is 0 Å². The van der Waals surface area contributed by atoms with E-state index in [-0.39, 0.29) is 5.91 Å². The number of oxazole rings is 1. The highest BCUT2D eigenvalue weighted by Gasteiger charge is 2.12. The van der Waals surface area contributed by atoms with Crippen molar-refractivity contribution in [3.63, 3.8) is 0 Å². The van der Waals surface area contributed by atoms with Gasteiger partial charge in [0.05, 0.1) is 0 Å². The summed E-state index contributed by atoms with van der Waals surface area (Å²) in [5.74, 6) is 0.208. The van der Waals surface area contributed by atoms with Crippen molar-refractivity contribution in [2.75, 3.05) is 12.3 Å². The molecule has 0 aliphatic carbocycles. The number of hydrogen-bond donors (Lipinski definition) is 2. The van der Waals surface area contributed by atoms with Crippen LogP contribution in [0.5, 0.6) is 0 Å². The Kier molecular flexibility index (Phi) is 4.18. The molecule has 1 heterocycles. The fourth-order valence-electron chi connectivity index (χ4n) is 1.61. The van der Waals surface area contributed by atoms with Gasteiger partial charge >= 0.3 is 0 Å². The number of nitrogens with one attached hydrogen (secondary N) is 1. The predicted molar refractivity (Wildman–Crippen MR) is 73.6 cm³/mol. The molecule has 1 aromatic heterocycles. The molecule has 0 saturated heterocycles. The van der Waals surface area contributed by atoms with Gasteiger partial charge in [-0.1, -0.05) is 13.3 Å². The Morgan fingerprint density at radius 1 is 1.37 bits per heavy atom. The largest absolute Gasteiger partial charge is 0.444 e. The van der Waals surface area contributed by atoms with Crippen LogP contribution in [0.4, 0.5) is 5.69 Å². The Morgan fingerprint density at radius 3 is 2.79 bits per heavy atom. The van der Waals surface area contributed by atoms with Crippen LogP contribution in [0, 0.1) is 0 Å². The molecule has 5 heteroatoms. The number of hydrogen-bond acceptors (Lipinski definition) is 4. The number of carbonyl (C=O) groups is 1. The summed E-state index contributed by atoms with van der Waals surface area (Å²) in [7, 11) is 0. The standard InChI is InChI=1S/C14H17N3O2/c1-2-3-8-16-13(18)12-9-19-14(17-12)10-4-6-11(15)7-5-10/h4-7,9H,2-3,8,15H2,1H3,(H,16,18). The monoisotopic (exact) mass is 259 g/mol. The van der Waals surface area contributed by atoms with E-state index >= 15 is 0 Å². The van der Waals surface area contributed by atoms with Crippen LogP contribution in [0.2, 0.25) is 0 Å². The van der Waals surface area contributed by atoms with Gasteiger partial charge in [0.2, 0.25) is 5.89 Å². The second-order valence-electron chi connectivity index (χ2n) is 4.27. The lowest BCUT2D eigenvalue weighted by atomic mass is 10.2. The molecule has 1 aromatic carbocycles. The minimum atomic E-state index is -0.209. The van der Waals surface area contributed by atoms with Crippen LogP contribution < -0.4 is 11.1 Å². The third kappa shape index (κ3) is 3.34. The Bertz CT molecular complexity index is 546. The van der Waals surface area contributed by atoms with Gasteiger partial charge in [-0.05, 0) is 30.7 Å². The van der Waals surface area contributed by atoms with Crippen LogP contribution in [0.1, 0.15) is 30.3 Å². The summed E-state index contributed by atoms with van der Waals surface area (Å²) in [5, 5.41) is 2.79. The van der Waals surface area contributed by atoms with Crippen molar-refractivity contribution in [3.05, 3.63) is 36.2 Å². The topological polar surface area (TPSA) is 81.2 Å². The van der Waals surface area contributed by atoms with Crippen molar-refractivity contribution in [3.8, 4) is 11.5 Å². The fraction of sp³-hybridized carbons (Fsp3) is 0.286. The van der Waals surface area contributed by atoms with E-state index in [1.807, 2.05) is 0 Å². The van der Waals surface area contributed by atoms with E-state index in [0.717, 1.165) is 18.4 Å². The lowest BCUT2D eigenvalue weighted by Crippen LogP contribution is -2.24. The Labute approximate surface area is 111 Å². The van der Waals surface area contributed by atoms with Gasteiger partial charge in [-0.2, -0.15) is 0 Å². The fourth-order valence-corrected chi connectivity index (χ4v) is 1.61. The van der Waals surface area contributed by atoms with Crippen LogP contribution in [0.25, 0.3) is 11.5 Å². The number of nitrogens with zero attached hydrogens (tertiary/aromatic N) is 1. The smallest absolute Gasteiger partial charge is 0.273 e. The molecule has 0 aliphatic heterocycles. The van der Waals surface area contributed by atoms with Gasteiger partial charge in [-0.25, -0.2) is 4.98 Å². The molecule has 100 valence electrons. The first kappa shape index (κ1) is 13.1. The Balaban J connectivity index is 2.06. The van der Waals surface area contributed by atoms with Gasteiger partial charge in [0, 0.05) is 17.8 Å².